The molecule has 1 aliphatic carbocycles. The average molecular weight is 415 g/mol. The van der Waals surface area contributed by atoms with Gasteiger partial charge < -0.3 is 10.0 Å². The van der Waals surface area contributed by atoms with Crippen LogP contribution in [0.2, 0.25) is 0 Å². The van der Waals surface area contributed by atoms with Gasteiger partial charge in [0.15, 0.2) is 0 Å². The van der Waals surface area contributed by atoms with Crippen molar-refractivity contribution in [3.05, 3.63) is 17.5 Å². The minimum atomic E-state index is -3.53. The average Bonchev–Trinajstić information content (AvgIpc) is 3.22. The van der Waals surface area contributed by atoms with Gasteiger partial charge in [0.25, 0.3) is 10.0 Å². The van der Waals surface area contributed by atoms with E-state index in [0.717, 1.165) is 32.1 Å². The van der Waals surface area contributed by atoms with Crippen LogP contribution in [0.4, 0.5) is 0 Å². The molecule has 1 saturated heterocycles. The van der Waals surface area contributed by atoms with E-state index in [1.54, 1.807) is 17.5 Å². The summed E-state index contributed by atoms with van der Waals surface area (Å²) in [6, 6.07) is 3.22. The summed E-state index contributed by atoms with van der Waals surface area (Å²) < 4.78 is 27.5. The predicted molar refractivity (Wildman–Crippen MR) is 106 cm³/mol. The fraction of sp³-hybridized carbons (Fsp3) is 0.737. The Hall–Kier alpha value is -0.960. The van der Waals surface area contributed by atoms with Gasteiger partial charge in [-0.1, -0.05) is 25.8 Å². The standard InChI is InChI=1S/C19H30N2O4S2/c1-2-11-21(16-8-3-4-9-17(16)22)19(23)15-7-5-12-20(14-15)27(24,25)18-10-6-13-26-18/h6,10,13,15-17,22H,2-5,7-9,11-12,14H2,1H3/t15-,16-,17+/m1/s1. The first-order valence-electron chi connectivity index (χ1n) is 9.97. The molecule has 0 radical (unpaired) electrons. The number of piperidine rings is 1. The molecule has 8 heteroatoms. The number of rotatable bonds is 6. The Bertz CT molecular complexity index is 720. The zero-order chi connectivity index (χ0) is 19.4. The van der Waals surface area contributed by atoms with Gasteiger partial charge in [0, 0.05) is 19.6 Å². The number of sulfonamides is 1. The summed E-state index contributed by atoms with van der Waals surface area (Å²) in [6.07, 6.45) is 5.36. The molecule has 0 spiro atoms. The zero-order valence-corrected chi connectivity index (χ0v) is 17.6. The molecule has 3 atom stereocenters. The molecule has 1 N–H and O–H groups in total. The molecule has 27 heavy (non-hydrogen) atoms. The Labute approximate surface area is 166 Å². The number of nitrogens with zero attached hydrogens (tertiary/aromatic N) is 2. The maximum atomic E-state index is 13.3. The van der Waals surface area contributed by atoms with Gasteiger partial charge in [-0.3, -0.25) is 4.79 Å². The molecule has 0 bridgehead atoms. The normalized spacial score (nSPS) is 27.4. The van der Waals surface area contributed by atoms with Crippen molar-refractivity contribution in [2.75, 3.05) is 19.6 Å². The fourth-order valence-electron chi connectivity index (χ4n) is 4.27. The summed E-state index contributed by atoms with van der Waals surface area (Å²) in [5, 5.41) is 12.2. The second kappa shape index (κ2) is 9.03. The van der Waals surface area contributed by atoms with Gasteiger partial charge in [0.2, 0.25) is 5.91 Å². The fourth-order valence-corrected chi connectivity index (χ4v) is 6.94. The first-order chi connectivity index (χ1) is 12.9. The Balaban J connectivity index is 1.74. The monoisotopic (exact) mass is 414 g/mol. The van der Waals surface area contributed by atoms with Crippen LogP contribution in [0.1, 0.15) is 51.9 Å². The molecule has 1 aliphatic heterocycles. The molecule has 2 heterocycles. The van der Waals surface area contributed by atoms with Crippen molar-refractivity contribution >= 4 is 27.3 Å². The maximum absolute atomic E-state index is 13.3. The van der Waals surface area contributed by atoms with Crippen LogP contribution in [0.3, 0.4) is 0 Å². The van der Waals surface area contributed by atoms with Crippen molar-refractivity contribution in [3.8, 4) is 0 Å². The Morgan fingerprint density at radius 2 is 2.07 bits per heavy atom. The van der Waals surface area contributed by atoms with E-state index in [9.17, 15) is 18.3 Å². The van der Waals surface area contributed by atoms with Crippen molar-refractivity contribution in [2.45, 2.75) is 68.2 Å². The lowest BCUT2D eigenvalue weighted by molar-refractivity contribution is -0.143. The quantitative estimate of drug-likeness (QED) is 0.776. The van der Waals surface area contributed by atoms with E-state index < -0.39 is 16.1 Å². The third kappa shape index (κ3) is 4.55. The minimum Gasteiger partial charge on any atom is -0.391 e. The van der Waals surface area contributed by atoms with E-state index in [-0.39, 0.29) is 24.4 Å². The third-order valence-corrected chi connectivity index (χ3v) is 8.90. The molecule has 1 aromatic heterocycles. The van der Waals surface area contributed by atoms with Crippen LogP contribution in [-0.4, -0.2) is 60.4 Å². The van der Waals surface area contributed by atoms with Crippen molar-refractivity contribution < 1.29 is 18.3 Å². The zero-order valence-electron chi connectivity index (χ0n) is 15.9. The highest BCUT2D eigenvalue weighted by atomic mass is 32.2. The summed E-state index contributed by atoms with van der Waals surface area (Å²) >= 11 is 1.21. The number of hydrogen-bond acceptors (Lipinski definition) is 5. The maximum Gasteiger partial charge on any atom is 0.252 e. The van der Waals surface area contributed by atoms with Crippen molar-refractivity contribution in [3.63, 3.8) is 0 Å². The van der Waals surface area contributed by atoms with Crippen LogP contribution in [0, 0.1) is 5.92 Å². The molecule has 2 aliphatic rings. The SMILES string of the molecule is CCCN(C(=O)[C@@H]1CCCN(S(=O)(=O)c2cccs2)C1)[C@@H]1CCCC[C@@H]1O. The number of amides is 1. The van der Waals surface area contributed by atoms with E-state index in [1.807, 2.05) is 11.8 Å². The molecule has 1 amide bonds. The summed E-state index contributed by atoms with van der Waals surface area (Å²) in [6.45, 7) is 3.35. The van der Waals surface area contributed by atoms with Gasteiger partial charge in [-0.25, -0.2) is 8.42 Å². The number of aliphatic hydroxyl groups is 1. The van der Waals surface area contributed by atoms with Crippen LogP contribution >= 0.6 is 11.3 Å². The van der Waals surface area contributed by atoms with Gasteiger partial charge in [-0.2, -0.15) is 4.31 Å². The highest BCUT2D eigenvalue weighted by Gasteiger charge is 2.38. The van der Waals surface area contributed by atoms with Gasteiger partial charge in [-0.15, -0.1) is 11.3 Å². The topological polar surface area (TPSA) is 77.9 Å². The van der Waals surface area contributed by atoms with Gasteiger partial charge in [-0.05, 0) is 43.6 Å². The highest BCUT2D eigenvalue weighted by molar-refractivity contribution is 7.91. The van der Waals surface area contributed by atoms with Gasteiger partial charge in [0.05, 0.1) is 18.1 Å². The number of thiophene rings is 1. The predicted octanol–water partition coefficient (Wildman–Crippen LogP) is 2.69. The summed E-state index contributed by atoms with van der Waals surface area (Å²) in [7, 11) is -3.53. The van der Waals surface area contributed by atoms with Gasteiger partial charge in [0.1, 0.15) is 4.21 Å². The third-order valence-electron chi connectivity index (χ3n) is 5.66. The van der Waals surface area contributed by atoms with Crippen molar-refractivity contribution in [2.24, 2.45) is 5.92 Å². The van der Waals surface area contributed by atoms with E-state index >= 15 is 0 Å². The molecule has 1 saturated carbocycles. The molecule has 3 rings (SSSR count). The smallest absolute Gasteiger partial charge is 0.252 e. The highest BCUT2D eigenvalue weighted by Crippen LogP contribution is 2.30. The van der Waals surface area contributed by atoms with Crippen LogP contribution in [-0.2, 0) is 14.8 Å². The summed E-state index contributed by atoms with van der Waals surface area (Å²) in [4.78, 5) is 15.1. The minimum absolute atomic E-state index is 0.00822. The number of aliphatic hydroxyl groups excluding tert-OH is 1. The summed E-state index contributed by atoms with van der Waals surface area (Å²) in [5.41, 5.74) is 0. The first kappa shape index (κ1) is 20.8. The van der Waals surface area contributed by atoms with E-state index in [1.165, 1.54) is 15.6 Å². The van der Waals surface area contributed by atoms with Crippen LogP contribution in [0.5, 0.6) is 0 Å². The second-order valence-electron chi connectivity index (χ2n) is 7.59. The lowest BCUT2D eigenvalue weighted by atomic mass is 9.89. The van der Waals surface area contributed by atoms with Crippen LogP contribution in [0.25, 0.3) is 0 Å². The number of carbonyl (C=O) groups is 1. The molecule has 6 nitrogen and oxygen atoms in total. The number of hydrogen-bond donors (Lipinski definition) is 1. The molecule has 0 aromatic carbocycles. The molecule has 0 unspecified atom stereocenters. The van der Waals surface area contributed by atoms with E-state index in [4.69, 9.17) is 0 Å². The first-order valence-corrected chi connectivity index (χ1v) is 12.3. The van der Waals surface area contributed by atoms with E-state index in [0.29, 0.717) is 30.1 Å². The van der Waals surface area contributed by atoms with Crippen LogP contribution in [0.15, 0.2) is 21.7 Å². The Kier molecular flexibility index (Phi) is 6.94. The molecular formula is C19H30N2O4S2. The Morgan fingerprint density at radius 1 is 1.30 bits per heavy atom. The molecule has 152 valence electrons. The van der Waals surface area contributed by atoms with Gasteiger partial charge >= 0.3 is 0 Å². The van der Waals surface area contributed by atoms with Crippen molar-refractivity contribution in [1.82, 2.24) is 9.21 Å². The molecule has 1 aromatic rings. The largest absolute Gasteiger partial charge is 0.391 e. The second-order valence-corrected chi connectivity index (χ2v) is 10.7. The lowest BCUT2D eigenvalue weighted by Gasteiger charge is -2.41. The molecular weight excluding hydrogens is 384 g/mol. The lowest BCUT2D eigenvalue weighted by Crippen LogP contribution is -2.53. The van der Waals surface area contributed by atoms with E-state index in [2.05, 4.69) is 0 Å². The van der Waals surface area contributed by atoms with Crippen LogP contribution < -0.4 is 0 Å². The molecule has 2 fully saturated rings. The Morgan fingerprint density at radius 3 is 2.74 bits per heavy atom. The number of carbonyl (C=O) groups excluding carboxylic acids is 1. The summed E-state index contributed by atoms with van der Waals surface area (Å²) in [5.74, 6) is -0.317. The van der Waals surface area contributed by atoms with Crippen molar-refractivity contribution in [1.29, 1.82) is 0 Å².